The third-order valence-electron chi connectivity index (χ3n) is 13.6. The number of allylic oxidation sites excluding steroid dienone is 11. The van der Waals surface area contributed by atoms with E-state index < -0.39 is 26.6 Å². The summed E-state index contributed by atoms with van der Waals surface area (Å²) >= 11 is 0. The van der Waals surface area contributed by atoms with E-state index in [2.05, 4.69) is 86.8 Å². The fourth-order valence-corrected chi connectivity index (χ4v) is 9.46. The number of nitrogens with one attached hydrogen (secondary N) is 1. The number of carbonyl (C=O) groups excluding carboxylic acids is 2. The molecule has 0 rings (SSSR count). The van der Waals surface area contributed by atoms with E-state index in [1.165, 1.54) is 128 Å². The fourth-order valence-electron chi connectivity index (χ4n) is 8.74. The average Bonchev–Trinajstić information content (AvgIpc) is 3.37. The zero-order valence-electron chi connectivity index (χ0n) is 49.7. The van der Waals surface area contributed by atoms with Gasteiger partial charge in [-0.1, -0.05) is 235 Å². The SMILES string of the molecule is CCCCC/C=C\C/C=C\C/C=C\C/C=C\CCCCCCCC(=O)OC(/C=C/CCCCCCCCCCCC)C(COP(=O)([O-])OCC[N+](C)(C)C)NC(=O)CCCCCCC/C=C/CCCCCCCCC. The van der Waals surface area contributed by atoms with Crippen LogP contribution in [0.2, 0.25) is 0 Å². The van der Waals surface area contributed by atoms with Gasteiger partial charge in [0.1, 0.15) is 19.3 Å². The molecule has 0 aromatic heterocycles. The van der Waals surface area contributed by atoms with Crippen molar-refractivity contribution in [2.75, 3.05) is 40.9 Å². The molecule has 3 unspecified atom stereocenters. The topological polar surface area (TPSA) is 114 Å². The summed E-state index contributed by atoms with van der Waals surface area (Å²) in [7, 11) is 1.16. The van der Waals surface area contributed by atoms with Crippen molar-refractivity contribution in [2.45, 2.75) is 290 Å². The minimum atomic E-state index is -4.71. The van der Waals surface area contributed by atoms with E-state index in [4.69, 9.17) is 13.8 Å². The van der Waals surface area contributed by atoms with Gasteiger partial charge in [0.05, 0.1) is 33.8 Å². The van der Waals surface area contributed by atoms with Crippen LogP contribution in [0.4, 0.5) is 0 Å². The first-order chi connectivity index (χ1) is 36.4. The largest absolute Gasteiger partial charge is 0.756 e. The number of nitrogens with zero attached hydrogens (tertiary/aromatic N) is 1. The normalized spacial score (nSPS) is 14.2. The number of phosphoric acid groups is 1. The molecule has 1 amide bonds. The van der Waals surface area contributed by atoms with Crippen molar-refractivity contribution in [1.82, 2.24) is 5.32 Å². The van der Waals surface area contributed by atoms with Crippen LogP contribution in [0.25, 0.3) is 0 Å². The number of hydrogen-bond donors (Lipinski definition) is 1. The van der Waals surface area contributed by atoms with Crippen LogP contribution in [0.15, 0.2) is 72.9 Å². The molecule has 436 valence electrons. The molecule has 0 aliphatic rings. The number of ether oxygens (including phenoxy) is 1. The molecule has 0 aliphatic carbocycles. The standard InChI is InChI=1S/C65H119N2O7P/c1-7-10-13-16-19-22-25-28-30-32-33-34-35-36-38-40-43-46-49-52-55-58-65(69)74-63(56-53-50-47-44-41-27-24-21-18-15-12-9-3)62(61-73-75(70,71)72-60-59-67(4,5)6)66-64(68)57-54-51-48-45-42-39-37-31-29-26-23-20-17-14-11-8-2/h19,22,28,30-31,33-34,36-38,53,56,62-63H,7-18,20-21,23-27,29,32,35,39-52,54-55,57-61H2,1-6H3,(H-,66,68,70,71)/b22-19-,30-28-,34-33-,37-31+,38-36-,56-53+. The van der Waals surface area contributed by atoms with Crippen LogP contribution in [0.5, 0.6) is 0 Å². The number of amides is 1. The first-order valence-corrected chi connectivity index (χ1v) is 32.7. The van der Waals surface area contributed by atoms with E-state index in [0.717, 1.165) is 109 Å². The summed E-state index contributed by atoms with van der Waals surface area (Å²) in [6.45, 7) is 6.80. The van der Waals surface area contributed by atoms with Crippen LogP contribution in [0.3, 0.4) is 0 Å². The fraction of sp³-hybridized carbons (Fsp3) is 0.785. The summed E-state index contributed by atoms with van der Waals surface area (Å²) in [4.78, 5) is 40.0. The van der Waals surface area contributed by atoms with Crippen molar-refractivity contribution in [2.24, 2.45) is 0 Å². The lowest BCUT2D eigenvalue weighted by Crippen LogP contribution is -2.47. The molecule has 0 bridgehead atoms. The summed E-state index contributed by atoms with van der Waals surface area (Å²) in [5, 5.41) is 3.02. The van der Waals surface area contributed by atoms with Crippen molar-refractivity contribution in [1.29, 1.82) is 0 Å². The number of carbonyl (C=O) groups is 2. The van der Waals surface area contributed by atoms with E-state index in [9.17, 15) is 19.0 Å². The Kier molecular flexibility index (Phi) is 52.9. The third kappa shape index (κ3) is 56.0. The van der Waals surface area contributed by atoms with Crippen molar-refractivity contribution >= 4 is 19.7 Å². The smallest absolute Gasteiger partial charge is 0.306 e. The number of esters is 1. The second kappa shape index (κ2) is 54.8. The maximum Gasteiger partial charge on any atom is 0.306 e. The van der Waals surface area contributed by atoms with Gasteiger partial charge in [-0.25, -0.2) is 0 Å². The van der Waals surface area contributed by atoms with Crippen LogP contribution in [0.1, 0.15) is 278 Å². The Labute approximate surface area is 463 Å². The Morgan fingerprint density at radius 2 is 0.813 bits per heavy atom. The Balaban J connectivity index is 5.30. The van der Waals surface area contributed by atoms with Gasteiger partial charge in [-0.2, -0.15) is 0 Å². The quantitative estimate of drug-likeness (QED) is 0.0212. The summed E-state index contributed by atoms with van der Waals surface area (Å²) in [5.41, 5.74) is 0. The molecule has 1 N–H and O–H groups in total. The molecule has 9 nitrogen and oxygen atoms in total. The lowest BCUT2D eigenvalue weighted by molar-refractivity contribution is -0.870. The molecule has 0 saturated carbocycles. The Morgan fingerprint density at radius 3 is 1.25 bits per heavy atom. The van der Waals surface area contributed by atoms with Gasteiger partial charge in [-0.15, -0.1) is 0 Å². The van der Waals surface area contributed by atoms with Crippen molar-refractivity contribution < 1.29 is 37.3 Å². The number of rotatable bonds is 56. The highest BCUT2D eigenvalue weighted by atomic mass is 31.2. The molecule has 0 radical (unpaired) electrons. The van der Waals surface area contributed by atoms with Crippen LogP contribution >= 0.6 is 7.82 Å². The summed E-state index contributed by atoms with van der Waals surface area (Å²) < 4.78 is 30.3. The van der Waals surface area contributed by atoms with Gasteiger partial charge in [-0.3, -0.25) is 14.2 Å². The molecule has 0 aliphatic heterocycles. The van der Waals surface area contributed by atoms with E-state index >= 15 is 0 Å². The van der Waals surface area contributed by atoms with E-state index in [-0.39, 0.29) is 24.9 Å². The molecule has 0 heterocycles. The molecule has 3 atom stereocenters. The second-order valence-corrected chi connectivity index (χ2v) is 23.6. The van der Waals surface area contributed by atoms with Gasteiger partial charge < -0.3 is 28.5 Å². The Hall–Kier alpha value is -2.55. The molecular formula is C65H119N2O7P. The van der Waals surface area contributed by atoms with Gasteiger partial charge in [0.25, 0.3) is 7.82 Å². The Bertz CT molecular complexity index is 1510. The molecule has 0 fully saturated rings. The van der Waals surface area contributed by atoms with Crippen molar-refractivity contribution in [3.05, 3.63) is 72.9 Å². The number of phosphoric ester groups is 1. The highest BCUT2D eigenvalue weighted by molar-refractivity contribution is 7.45. The van der Waals surface area contributed by atoms with E-state index in [1.54, 1.807) is 0 Å². The first-order valence-electron chi connectivity index (χ1n) is 31.2. The molecule has 0 aromatic carbocycles. The molecule has 0 aromatic rings. The number of likely N-dealkylation sites (N-methyl/N-ethyl adjacent to an activating group) is 1. The van der Waals surface area contributed by atoms with Crippen LogP contribution in [-0.2, 0) is 27.9 Å². The summed E-state index contributed by atoms with van der Waals surface area (Å²) in [5.74, 6) is -0.569. The van der Waals surface area contributed by atoms with Crippen molar-refractivity contribution in [3.8, 4) is 0 Å². The Morgan fingerprint density at radius 1 is 0.467 bits per heavy atom. The minimum Gasteiger partial charge on any atom is -0.756 e. The predicted molar refractivity (Wildman–Crippen MR) is 321 cm³/mol. The number of quaternary nitrogens is 1. The third-order valence-corrected chi connectivity index (χ3v) is 14.6. The van der Waals surface area contributed by atoms with Crippen LogP contribution in [-0.4, -0.2) is 69.4 Å². The summed E-state index contributed by atoms with van der Waals surface area (Å²) in [6.07, 6.45) is 70.0. The second-order valence-electron chi connectivity index (χ2n) is 22.2. The average molecular weight is 1070 g/mol. The zero-order valence-corrected chi connectivity index (χ0v) is 50.6. The predicted octanol–water partition coefficient (Wildman–Crippen LogP) is 18.6. The van der Waals surface area contributed by atoms with Crippen LogP contribution < -0.4 is 10.2 Å². The maximum atomic E-state index is 13.5. The highest BCUT2D eigenvalue weighted by Crippen LogP contribution is 2.38. The monoisotopic (exact) mass is 1070 g/mol. The molecule has 75 heavy (non-hydrogen) atoms. The molecular weight excluding hydrogens is 952 g/mol. The zero-order chi connectivity index (χ0) is 55.0. The molecule has 10 heteroatoms. The lowest BCUT2D eigenvalue weighted by atomic mass is 10.0. The van der Waals surface area contributed by atoms with Gasteiger partial charge in [0, 0.05) is 12.8 Å². The molecule has 0 spiro atoms. The summed E-state index contributed by atoms with van der Waals surface area (Å²) in [6, 6.07) is -0.903. The van der Waals surface area contributed by atoms with Crippen molar-refractivity contribution in [3.63, 3.8) is 0 Å². The highest BCUT2D eigenvalue weighted by Gasteiger charge is 2.27. The van der Waals surface area contributed by atoms with Gasteiger partial charge >= 0.3 is 5.97 Å². The maximum absolute atomic E-state index is 13.5. The van der Waals surface area contributed by atoms with E-state index in [1.807, 2.05) is 33.3 Å². The van der Waals surface area contributed by atoms with Gasteiger partial charge in [0.15, 0.2) is 0 Å². The number of hydrogen-bond acceptors (Lipinski definition) is 7. The molecule has 0 saturated heterocycles. The lowest BCUT2D eigenvalue weighted by Gasteiger charge is -2.30. The van der Waals surface area contributed by atoms with Gasteiger partial charge in [-0.05, 0) is 102 Å². The van der Waals surface area contributed by atoms with E-state index in [0.29, 0.717) is 23.9 Å². The first kappa shape index (κ1) is 72.5. The van der Waals surface area contributed by atoms with Crippen LogP contribution in [0, 0.1) is 0 Å². The minimum absolute atomic E-state index is 0.0292. The van der Waals surface area contributed by atoms with Gasteiger partial charge in [0.2, 0.25) is 5.91 Å². The number of unbranched alkanes of at least 4 members (excludes halogenated alkanes) is 30.